The maximum Gasteiger partial charge on any atom is 0.188 e. The van der Waals surface area contributed by atoms with E-state index in [9.17, 15) is 0 Å². The number of hydrogen-bond acceptors (Lipinski definition) is 1. The Bertz CT molecular complexity index is 404. The van der Waals surface area contributed by atoms with Gasteiger partial charge in [0, 0.05) is 6.54 Å². The first-order valence-corrected chi connectivity index (χ1v) is 6.65. The van der Waals surface area contributed by atoms with Crippen LogP contribution in [-0.2, 0) is 6.54 Å². The Morgan fingerprint density at radius 1 is 1.21 bits per heavy atom. The van der Waals surface area contributed by atoms with Crippen molar-refractivity contribution in [1.29, 1.82) is 0 Å². The monoisotopic (exact) mass is 375 g/mol. The summed E-state index contributed by atoms with van der Waals surface area (Å²) in [5.41, 5.74) is 11.0. The molecule has 0 radical (unpaired) electrons. The van der Waals surface area contributed by atoms with Crippen molar-refractivity contribution in [1.82, 2.24) is 5.32 Å². The molecule has 19 heavy (non-hydrogen) atoms. The lowest BCUT2D eigenvalue weighted by molar-refractivity contribution is 0.748. The fraction of sp³-hybridized carbons (Fsp3) is 0.533. The van der Waals surface area contributed by atoms with Gasteiger partial charge in [0.1, 0.15) is 0 Å². The first-order valence-electron chi connectivity index (χ1n) is 6.65. The quantitative estimate of drug-likeness (QED) is 0.359. The lowest BCUT2D eigenvalue weighted by Crippen LogP contribution is -2.32. The van der Waals surface area contributed by atoms with E-state index in [1.165, 1.54) is 22.3 Å². The summed E-state index contributed by atoms with van der Waals surface area (Å²) in [6, 6.07) is 4.39. The zero-order valence-electron chi connectivity index (χ0n) is 12.4. The number of rotatable bonds is 5. The van der Waals surface area contributed by atoms with Crippen LogP contribution in [0.15, 0.2) is 17.1 Å². The highest BCUT2D eigenvalue weighted by Gasteiger charge is 2.03. The lowest BCUT2D eigenvalue weighted by Gasteiger charge is -2.10. The average molecular weight is 375 g/mol. The Morgan fingerprint density at radius 3 is 2.32 bits per heavy atom. The second kappa shape index (κ2) is 9.18. The van der Waals surface area contributed by atoms with Crippen LogP contribution in [-0.4, -0.2) is 12.5 Å². The van der Waals surface area contributed by atoms with Gasteiger partial charge in [-0.05, 0) is 43.9 Å². The van der Waals surface area contributed by atoms with Gasteiger partial charge in [-0.3, -0.25) is 0 Å². The first-order chi connectivity index (χ1) is 8.54. The zero-order valence-corrected chi connectivity index (χ0v) is 14.7. The number of unbranched alkanes of at least 4 members (excludes halogenated alkanes) is 1. The molecule has 0 bridgehead atoms. The molecule has 0 aliphatic rings. The molecule has 0 spiro atoms. The summed E-state index contributed by atoms with van der Waals surface area (Å²) in [4.78, 5) is 4.40. The molecule has 1 rings (SSSR count). The number of hydrogen-bond donors (Lipinski definition) is 2. The van der Waals surface area contributed by atoms with Gasteiger partial charge in [-0.1, -0.05) is 31.0 Å². The van der Waals surface area contributed by atoms with Gasteiger partial charge < -0.3 is 11.1 Å². The van der Waals surface area contributed by atoms with Gasteiger partial charge in [-0.15, -0.1) is 24.0 Å². The standard InChI is InChI=1S/C15H25N3.HI/c1-5-6-7-17-15(16)18-10-14-12(3)8-11(2)9-13(14)4;/h8-9H,5-7,10H2,1-4H3,(H3,16,17,18);1H. The van der Waals surface area contributed by atoms with Crippen molar-refractivity contribution >= 4 is 29.9 Å². The van der Waals surface area contributed by atoms with Crippen molar-refractivity contribution in [3.8, 4) is 0 Å². The predicted octanol–water partition coefficient (Wildman–Crippen LogP) is 3.43. The number of halogens is 1. The van der Waals surface area contributed by atoms with E-state index in [-0.39, 0.29) is 24.0 Å². The van der Waals surface area contributed by atoms with Crippen LogP contribution in [0.2, 0.25) is 0 Å². The van der Waals surface area contributed by atoms with Gasteiger partial charge in [0.05, 0.1) is 6.54 Å². The van der Waals surface area contributed by atoms with E-state index in [2.05, 4.69) is 50.1 Å². The molecule has 0 heterocycles. The molecule has 3 N–H and O–H groups in total. The Kier molecular flexibility index (Phi) is 8.80. The van der Waals surface area contributed by atoms with E-state index in [1.807, 2.05) is 0 Å². The average Bonchev–Trinajstić information content (AvgIpc) is 2.27. The molecule has 1 aromatic rings. The maximum atomic E-state index is 5.83. The summed E-state index contributed by atoms with van der Waals surface area (Å²) in [5.74, 6) is 0.544. The van der Waals surface area contributed by atoms with E-state index >= 15 is 0 Å². The number of guanidine groups is 1. The molecule has 0 saturated carbocycles. The molecule has 0 saturated heterocycles. The lowest BCUT2D eigenvalue weighted by atomic mass is 10.00. The maximum absolute atomic E-state index is 5.83. The fourth-order valence-electron chi connectivity index (χ4n) is 2.07. The number of aryl methyl sites for hydroxylation is 3. The normalized spacial score (nSPS) is 11.1. The number of nitrogens with one attached hydrogen (secondary N) is 1. The molecule has 0 aliphatic carbocycles. The van der Waals surface area contributed by atoms with E-state index in [0.29, 0.717) is 12.5 Å². The predicted molar refractivity (Wildman–Crippen MR) is 94.3 cm³/mol. The minimum absolute atomic E-state index is 0. The summed E-state index contributed by atoms with van der Waals surface area (Å²) in [7, 11) is 0. The highest BCUT2D eigenvalue weighted by molar-refractivity contribution is 14.0. The van der Waals surface area contributed by atoms with Gasteiger partial charge in [-0.2, -0.15) is 0 Å². The molecule has 0 aliphatic heterocycles. The third kappa shape index (κ3) is 6.27. The fourth-order valence-corrected chi connectivity index (χ4v) is 2.07. The summed E-state index contributed by atoms with van der Waals surface area (Å²) in [6.07, 6.45) is 2.29. The van der Waals surface area contributed by atoms with Gasteiger partial charge in [-0.25, -0.2) is 4.99 Å². The largest absolute Gasteiger partial charge is 0.370 e. The second-order valence-corrected chi connectivity index (χ2v) is 4.86. The van der Waals surface area contributed by atoms with Gasteiger partial charge in [0.15, 0.2) is 5.96 Å². The van der Waals surface area contributed by atoms with Crippen molar-refractivity contribution < 1.29 is 0 Å². The van der Waals surface area contributed by atoms with Crippen LogP contribution in [0, 0.1) is 20.8 Å². The third-order valence-corrected chi connectivity index (χ3v) is 3.08. The molecule has 0 unspecified atom stereocenters. The molecule has 108 valence electrons. The van der Waals surface area contributed by atoms with Crippen LogP contribution in [0.1, 0.15) is 42.0 Å². The molecule has 0 atom stereocenters. The Balaban J connectivity index is 0.00000324. The van der Waals surface area contributed by atoms with Gasteiger partial charge >= 0.3 is 0 Å². The van der Waals surface area contributed by atoms with Crippen LogP contribution >= 0.6 is 24.0 Å². The van der Waals surface area contributed by atoms with Crippen LogP contribution in [0.3, 0.4) is 0 Å². The molecule has 1 aromatic carbocycles. The Labute approximate surface area is 134 Å². The molecule has 3 nitrogen and oxygen atoms in total. The van der Waals surface area contributed by atoms with E-state index in [0.717, 1.165) is 19.4 Å². The number of aliphatic imine (C=N–C) groups is 1. The van der Waals surface area contributed by atoms with Crippen molar-refractivity contribution in [2.45, 2.75) is 47.1 Å². The number of nitrogens with zero attached hydrogens (tertiary/aromatic N) is 1. The number of nitrogens with two attached hydrogens (primary N) is 1. The van der Waals surface area contributed by atoms with Gasteiger partial charge in [0.2, 0.25) is 0 Å². The third-order valence-electron chi connectivity index (χ3n) is 3.08. The second-order valence-electron chi connectivity index (χ2n) is 4.86. The van der Waals surface area contributed by atoms with Crippen molar-refractivity contribution in [3.05, 3.63) is 34.4 Å². The van der Waals surface area contributed by atoms with Crippen molar-refractivity contribution in [2.75, 3.05) is 6.54 Å². The summed E-state index contributed by atoms with van der Waals surface area (Å²) in [6.45, 7) is 10.1. The smallest absolute Gasteiger partial charge is 0.188 e. The van der Waals surface area contributed by atoms with E-state index in [1.54, 1.807) is 0 Å². The summed E-state index contributed by atoms with van der Waals surface area (Å²) < 4.78 is 0. The molecule has 0 fully saturated rings. The molecule has 4 heteroatoms. The van der Waals surface area contributed by atoms with Crippen LogP contribution < -0.4 is 11.1 Å². The zero-order chi connectivity index (χ0) is 13.5. The van der Waals surface area contributed by atoms with E-state index < -0.39 is 0 Å². The highest BCUT2D eigenvalue weighted by atomic mass is 127. The van der Waals surface area contributed by atoms with E-state index in [4.69, 9.17) is 5.73 Å². The van der Waals surface area contributed by atoms with Crippen molar-refractivity contribution in [3.63, 3.8) is 0 Å². The topological polar surface area (TPSA) is 50.4 Å². The van der Waals surface area contributed by atoms with Crippen LogP contribution in [0.25, 0.3) is 0 Å². The Morgan fingerprint density at radius 2 is 1.79 bits per heavy atom. The van der Waals surface area contributed by atoms with Crippen molar-refractivity contribution in [2.24, 2.45) is 10.7 Å². The van der Waals surface area contributed by atoms with Crippen LogP contribution in [0.4, 0.5) is 0 Å². The molecule has 0 amide bonds. The molecular weight excluding hydrogens is 349 g/mol. The first kappa shape index (κ1) is 18.2. The minimum Gasteiger partial charge on any atom is -0.370 e. The Hall–Kier alpha value is -0.780. The molecular formula is C15H26IN3. The summed E-state index contributed by atoms with van der Waals surface area (Å²) in [5, 5.41) is 3.13. The molecule has 0 aromatic heterocycles. The van der Waals surface area contributed by atoms with Crippen LogP contribution in [0.5, 0.6) is 0 Å². The van der Waals surface area contributed by atoms with Gasteiger partial charge in [0.25, 0.3) is 0 Å². The summed E-state index contributed by atoms with van der Waals surface area (Å²) >= 11 is 0. The SMILES string of the molecule is CCCCNC(N)=NCc1c(C)cc(C)cc1C.I. The number of benzene rings is 1. The highest BCUT2D eigenvalue weighted by Crippen LogP contribution is 2.17. The minimum atomic E-state index is 0.